The van der Waals surface area contributed by atoms with E-state index in [1.165, 1.54) is 16.2 Å². The van der Waals surface area contributed by atoms with Gasteiger partial charge in [-0.05, 0) is 85.7 Å². The molecule has 4 aliphatic rings. The van der Waals surface area contributed by atoms with E-state index in [2.05, 4.69) is 26.2 Å². The van der Waals surface area contributed by atoms with E-state index >= 15 is 0 Å². The van der Waals surface area contributed by atoms with Crippen LogP contribution in [-0.4, -0.2) is 34.6 Å². The fraction of sp³-hybridized carbons (Fsp3) is 0.294. The van der Waals surface area contributed by atoms with Crippen molar-refractivity contribution in [2.75, 3.05) is 16.8 Å². The van der Waals surface area contributed by atoms with Crippen LogP contribution < -0.4 is 19.8 Å². The standard InChI is InChI=1S/C34H27BrClN3O5S2/c1-15-2-7-18(8-3-15)37-24(40)14-44-23-11-4-16(35)12-20(23)25-26-21-13-22(29(26)45-31-30(25)46-34(43)38-31)28-27(21)32(41)39(33(28)42)19-9-5-17(36)6-10-19/h2-12,21-22,25-29H,13-14H2,1H3,(H,37,40)(H,38,43)/t21-,22-,25-,26?,27?,28?,29?/m1/s1. The number of anilines is 2. The highest BCUT2D eigenvalue weighted by atomic mass is 79.9. The predicted molar refractivity (Wildman–Crippen MR) is 182 cm³/mol. The summed E-state index contributed by atoms with van der Waals surface area (Å²) in [5.74, 6) is -1.28. The molecule has 2 N–H and O–H groups in total. The summed E-state index contributed by atoms with van der Waals surface area (Å²) in [6.07, 6.45) is 0.766. The van der Waals surface area contributed by atoms with Crippen LogP contribution in [0, 0.1) is 36.5 Å². The molecule has 8 nitrogen and oxygen atoms in total. The Balaban J connectivity index is 1.14. The second kappa shape index (κ2) is 11.4. The second-order valence-electron chi connectivity index (χ2n) is 12.3. The van der Waals surface area contributed by atoms with E-state index < -0.39 is 11.8 Å². The van der Waals surface area contributed by atoms with E-state index in [0.29, 0.717) is 22.1 Å². The second-order valence-corrected chi connectivity index (χ2v) is 15.9. The van der Waals surface area contributed by atoms with Gasteiger partial charge in [-0.3, -0.25) is 24.1 Å². The van der Waals surface area contributed by atoms with Crippen LogP contribution in [0.25, 0.3) is 0 Å². The summed E-state index contributed by atoms with van der Waals surface area (Å²) >= 11 is 12.5. The van der Waals surface area contributed by atoms with E-state index in [9.17, 15) is 19.2 Å². The van der Waals surface area contributed by atoms with E-state index in [4.69, 9.17) is 16.3 Å². The highest BCUT2D eigenvalue weighted by Crippen LogP contribution is 2.69. The van der Waals surface area contributed by atoms with Crippen LogP contribution in [0.4, 0.5) is 11.4 Å². The number of aryl methyl sites for hydroxylation is 1. The average Bonchev–Trinajstić information content (AvgIpc) is 3.77. The summed E-state index contributed by atoms with van der Waals surface area (Å²) < 4.78 is 7.03. The van der Waals surface area contributed by atoms with E-state index in [-0.39, 0.29) is 58.1 Å². The maximum Gasteiger partial charge on any atom is 0.305 e. The molecule has 3 amide bonds. The van der Waals surface area contributed by atoms with Crippen LogP contribution in [0.2, 0.25) is 5.02 Å². The van der Waals surface area contributed by atoms with Gasteiger partial charge < -0.3 is 15.0 Å². The molecule has 12 heteroatoms. The van der Waals surface area contributed by atoms with E-state index in [0.717, 1.165) is 31.9 Å². The van der Waals surface area contributed by atoms with Crippen molar-refractivity contribution in [2.45, 2.75) is 29.5 Å². The van der Waals surface area contributed by atoms with Crippen molar-refractivity contribution in [2.24, 2.45) is 29.6 Å². The molecule has 1 saturated heterocycles. The first-order chi connectivity index (χ1) is 22.2. The van der Waals surface area contributed by atoms with Crippen molar-refractivity contribution in [3.05, 3.63) is 102 Å². The Morgan fingerprint density at radius 3 is 2.48 bits per heavy atom. The van der Waals surface area contributed by atoms with Crippen molar-refractivity contribution in [3.8, 4) is 5.75 Å². The molecule has 234 valence electrons. The van der Waals surface area contributed by atoms with Gasteiger partial charge in [-0.25, -0.2) is 0 Å². The smallest absolute Gasteiger partial charge is 0.305 e. The molecule has 7 atom stereocenters. The Morgan fingerprint density at radius 2 is 1.74 bits per heavy atom. The molecule has 2 bridgehead atoms. The average molecular weight is 737 g/mol. The SMILES string of the molecule is Cc1ccc(NC(=O)COc2ccc(Br)cc2[C@H]2c3sc(=O)[nH]c3SC3C2[C@H]2C[C@@H]3C3C(=O)N(c4ccc(Cl)cc4)C(=O)C32)cc1. The van der Waals surface area contributed by atoms with Crippen LogP contribution in [0.1, 0.15) is 28.3 Å². The lowest BCUT2D eigenvalue weighted by atomic mass is 9.68. The number of fused-ring (bicyclic) bond motifs is 9. The number of ether oxygens (including phenoxy) is 1. The van der Waals surface area contributed by atoms with Gasteiger partial charge in [0.25, 0.3) is 5.91 Å². The minimum absolute atomic E-state index is 0.0184. The topological polar surface area (TPSA) is 109 Å². The van der Waals surface area contributed by atoms with Gasteiger partial charge in [0, 0.05) is 36.8 Å². The Labute approximate surface area is 286 Å². The number of nitrogens with one attached hydrogen (secondary N) is 2. The molecule has 3 fully saturated rings. The quantitative estimate of drug-likeness (QED) is 0.210. The molecule has 2 aliphatic carbocycles. The number of imide groups is 1. The number of carbonyl (C=O) groups is 3. The number of aromatic nitrogens is 1. The molecule has 8 rings (SSSR count). The van der Waals surface area contributed by atoms with Gasteiger partial charge in [0.1, 0.15) is 5.75 Å². The van der Waals surface area contributed by atoms with Gasteiger partial charge in [-0.2, -0.15) is 0 Å². The summed E-state index contributed by atoms with van der Waals surface area (Å²) in [7, 11) is 0. The van der Waals surface area contributed by atoms with Crippen LogP contribution in [-0.2, 0) is 14.4 Å². The molecule has 4 aromatic rings. The molecule has 4 unspecified atom stereocenters. The van der Waals surface area contributed by atoms with Crippen LogP contribution >= 0.6 is 50.6 Å². The third-order valence-corrected chi connectivity index (χ3v) is 13.1. The maximum absolute atomic E-state index is 14.0. The normalized spacial score (nSPS) is 27.4. The van der Waals surface area contributed by atoms with Gasteiger partial charge in [0.15, 0.2) is 6.61 Å². The zero-order valence-corrected chi connectivity index (χ0v) is 28.3. The molecule has 0 radical (unpaired) electrons. The highest BCUT2D eigenvalue weighted by Gasteiger charge is 2.69. The van der Waals surface area contributed by atoms with Gasteiger partial charge in [0.05, 0.1) is 22.5 Å². The first-order valence-electron chi connectivity index (χ1n) is 15.0. The number of rotatable bonds is 6. The number of H-pyrrole nitrogens is 1. The lowest BCUT2D eigenvalue weighted by Gasteiger charge is -2.43. The van der Waals surface area contributed by atoms with E-state index in [1.54, 1.807) is 36.0 Å². The Kier molecular flexibility index (Phi) is 7.43. The van der Waals surface area contributed by atoms with Crippen LogP contribution in [0.5, 0.6) is 5.75 Å². The monoisotopic (exact) mass is 735 g/mol. The molecule has 3 heterocycles. The summed E-state index contributed by atoms with van der Waals surface area (Å²) in [5.41, 5.74) is 3.16. The predicted octanol–water partition coefficient (Wildman–Crippen LogP) is 6.86. The number of amides is 3. The molecule has 46 heavy (non-hydrogen) atoms. The molecular weight excluding hydrogens is 710 g/mol. The fourth-order valence-electron chi connectivity index (χ4n) is 8.08. The lowest BCUT2D eigenvalue weighted by molar-refractivity contribution is -0.123. The first kappa shape index (κ1) is 30.0. The van der Waals surface area contributed by atoms with Crippen molar-refractivity contribution in [1.29, 1.82) is 0 Å². The van der Waals surface area contributed by atoms with Crippen molar-refractivity contribution < 1.29 is 19.1 Å². The fourth-order valence-corrected chi connectivity index (χ4v) is 11.5. The van der Waals surface area contributed by atoms with Crippen molar-refractivity contribution in [3.63, 3.8) is 0 Å². The third-order valence-electron chi connectivity index (χ3n) is 9.81. The molecule has 3 aromatic carbocycles. The number of carbonyl (C=O) groups excluding carboxylic acids is 3. The molecule has 2 saturated carbocycles. The zero-order chi connectivity index (χ0) is 31.9. The third kappa shape index (κ3) is 4.85. The van der Waals surface area contributed by atoms with Crippen molar-refractivity contribution in [1.82, 2.24) is 4.98 Å². The number of benzene rings is 3. The molecule has 0 spiro atoms. The molecule has 1 aromatic heterocycles. The zero-order valence-electron chi connectivity index (χ0n) is 24.4. The number of halogens is 2. The van der Waals surface area contributed by atoms with Crippen LogP contribution in [0.15, 0.2) is 81.0 Å². The lowest BCUT2D eigenvalue weighted by Crippen LogP contribution is -2.42. The van der Waals surface area contributed by atoms with Gasteiger partial charge in [0.2, 0.25) is 11.8 Å². The van der Waals surface area contributed by atoms with Crippen LogP contribution in [0.3, 0.4) is 0 Å². The number of hydrogen-bond donors (Lipinski definition) is 2. The largest absolute Gasteiger partial charge is 0.483 e. The first-order valence-corrected chi connectivity index (χ1v) is 17.9. The number of nitrogens with zero attached hydrogens (tertiary/aromatic N) is 1. The number of thioether (sulfide) groups is 1. The summed E-state index contributed by atoms with van der Waals surface area (Å²) in [4.78, 5) is 58.7. The Hall–Kier alpha value is -3.38. The maximum atomic E-state index is 14.0. The van der Waals surface area contributed by atoms with Gasteiger partial charge in [-0.1, -0.05) is 56.6 Å². The highest BCUT2D eigenvalue weighted by molar-refractivity contribution is 9.10. The number of aromatic amines is 1. The number of hydrogen-bond acceptors (Lipinski definition) is 7. The van der Waals surface area contributed by atoms with Gasteiger partial charge in [-0.15, -0.1) is 11.8 Å². The van der Waals surface area contributed by atoms with Crippen molar-refractivity contribution >= 4 is 79.7 Å². The summed E-state index contributed by atoms with van der Waals surface area (Å²) in [6, 6.07) is 20.1. The minimum Gasteiger partial charge on any atom is -0.483 e. The number of thiazole rings is 1. The Bertz CT molecular complexity index is 1960. The van der Waals surface area contributed by atoms with Gasteiger partial charge >= 0.3 is 4.87 Å². The van der Waals surface area contributed by atoms with E-state index in [1.807, 2.05) is 49.4 Å². The Morgan fingerprint density at radius 1 is 1.02 bits per heavy atom. The molecule has 2 aliphatic heterocycles. The summed E-state index contributed by atoms with van der Waals surface area (Å²) in [6.45, 7) is 1.78. The summed E-state index contributed by atoms with van der Waals surface area (Å²) in [5, 5.41) is 4.24. The molecular formula is C34H27BrClN3O5S2. The minimum atomic E-state index is -0.438.